The summed E-state index contributed by atoms with van der Waals surface area (Å²) >= 11 is 1.67. The smallest absolute Gasteiger partial charge is 0.336 e. The first kappa shape index (κ1) is 24.6. The number of nitrogens with one attached hydrogen (secondary N) is 1. The van der Waals surface area contributed by atoms with E-state index in [4.69, 9.17) is 18.9 Å². The number of thiophene rings is 1. The number of dihydropyridines is 1. The summed E-state index contributed by atoms with van der Waals surface area (Å²) < 4.78 is 22.7. The average Bonchev–Trinajstić information content (AvgIpc) is 3.60. The van der Waals surface area contributed by atoms with Crippen LogP contribution < -0.4 is 14.8 Å². The zero-order valence-electron chi connectivity index (χ0n) is 20.8. The third-order valence-electron chi connectivity index (χ3n) is 7.16. The van der Waals surface area contributed by atoms with Crippen molar-refractivity contribution >= 4 is 23.1 Å². The Hall–Kier alpha value is -3.10. The number of ether oxygens (including phenoxy) is 4. The molecule has 8 heteroatoms. The van der Waals surface area contributed by atoms with Crippen molar-refractivity contribution in [2.75, 3.05) is 27.4 Å². The van der Waals surface area contributed by atoms with Gasteiger partial charge in [0.15, 0.2) is 17.3 Å². The number of methoxy groups -OCH3 is 2. The Balaban J connectivity index is 1.57. The molecular formula is C28H31NO6S. The Morgan fingerprint density at radius 3 is 2.72 bits per heavy atom. The normalized spacial score (nSPS) is 23.9. The lowest BCUT2D eigenvalue weighted by Crippen LogP contribution is -2.36. The first-order valence-corrected chi connectivity index (χ1v) is 13.2. The number of ketones is 1. The lowest BCUT2D eigenvalue weighted by atomic mass is 9.72. The average molecular weight is 510 g/mol. The van der Waals surface area contributed by atoms with Crippen molar-refractivity contribution in [3.05, 3.63) is 68.7 Å². The molecule has 3 unspecified atom stereocenters. The molecule has 1 aromatic carbocycles. The monoisotopic (exact) mass is 509 g/mol. The van der Waals surface area contributed by atoms with Crippen LogP contribution in [0.4, 0.5) is 0 Å². The highest BCUT2D eigenvalue weighted by molar-refractivity contribution is 7.10. The van der Waals surface area contributed by atoms with Crippen LogP contribution in [0.25, 0.3) is 0 Å². The number of carbonyl (C=O) groups excluding carboxylic acids is 2. The fourth-order valence-electron chi connectivity index (χ4n) is 5.51. The number of Topliss-reactive ketones (excluding diaryl/α,β-unsaturated/α-hetero) is 1. The van der Waals surface area contributed by atoms with E-state index in [1.165, 1.54) is 4.88 Å². The molecule has 0 spiro atoms. The molecule has 3 atom stereocenters. The lowest BCUT2D eigenvalue weighted by Gasteiger charge is -2.37. The third-order valence-corrected chi connectivity index (χ3v) is 8.20. The van der Waals surface area contributed by atoms with Gasteiger partial charge in [0.1, 0.15) is 6.61 Å². The van der Waals surface area contributed by atoms with Gasteiger partial charge in [-0.05, 0) is 43.7 Å². The molecule has 0 radical (unpaired) electrons. The number of hydrogen-bond donors (Lipinski definition) is 1. The van der Waals surface area contributed by atoms with Crippen LogP contribution in [-0.4, -0.2) is 45.3 Å². The predicted octanol–water partition coefficient (Wildman–Crippen LogP) is 4.85. The van der Waals surface area contributed by atoms with Gasteiger partial charge in [-0.15, -0.1) is 11.3 Å². The Morgan fingerprint density at radius 2 is 2.03 bits per heavy atom. The lowest BCUT2D eigenvalue weighted by molar-refractivity contribution is -0.142. The number of esters is 1. The van der Waals surface area contributed by atoms with E-state index in [1.54, 1.807) is 31.6 Å². The molecule has 3 heterocycles. The highest BCUT2D eigenvalue weighted by Crippen LogP contribution is 2.49. The maximum atomic E-state index is 13.8. The molecule has 1 aliphatic carbocycles. The van der Waals surface area contributed by atoms with Crippen molar-refractivity contribution in [3.8, 4) is 11.5 Å². The standard InChI is InChI=1S/C28H31NO6S/c1-16-24(28(31)35-15-18-7-5-11-34-18)25(19-8-4-9-22(32-2)27(19)33-3)26-20(29-16)13-17(14-21(26)30)23-10-6-12-36-23/h4,6,8-10,12,17-18,25,29H,5,7,11,13-15H2,1-3H3. The summed E-state index contributed by atoms with van der Waals surface area (Å²) in [5.41, 5.74) is 3.26. The zero-order chi connectivity index (χ0) is 25.2. The van der Waals surface area contributed by atoms with Crippen LogP contribution in [-0.2, 0) is 19.1 Å². The Kier molecular flexibility index (Phi) is 7.16. The molecule has 2 aromatic rings. The van der Waals surface area contributed by atoms with Gasteiger partial charge in [-0.1, -0.05) is 18.2 Å². The van der Waals surface area contributed by atoms with Crippen molar-refractivity contribution in [3.63, 3.8) is 0 Å². The Morgan fingerprint density at radius 1 is 1.17 bits per heavy atom. The van der Waals surface area contributed by atoms with Gasteiger partial charge in [-0.25, -0.2) is 4.79 Å². The molecule has 5 rings (SSSR count). The summed E-state index contributed by atoms with van der Waals surface area (Å²) in [5.74, 6) is 0.0980. The van der Waals surface area contributed by atoms with Crippen LogP contribution in [0, 0.1) is 0 Å². The van der Waals surface area contributed by atoms with E-state index in [0.717, 1.165) is 18.5 Å². The van der Waals surface area contributed by atoms with Crippen molar-refractivity contribution in [2.24, 2.45) is 0 Å². The molecule has 36 heavy (non-hydrogen) atoms. The number of rotatable bonds is 7. The van der Waals surface area contributed by atoms with Gasteiger partial charge in [-0.3, -0.25) is 4.79 Å². The first-order chi connectivity index (χ1) is 17.5. The van der Waals surface area contributed by atoms with E-state index in [1.807, 2.05) is 30.5 Å². The SMILES string of the molecule is COc1cccc(C2C(C(=O)OCC3CCCO3)=C(C)NC3=C2C(=O)CC(c2cccs2)C3)c1OC. The number of hydrogen-bond acceptors (Lipinski definition) is 8. The largest absolute Gasteiger partial charge is 0.493 e. The molecule has 1 aromatic heterocycles. The predicted molar refractivity (Wildman–Crippen MR) is 136 cm³/mol. The number of carbonyl (C=O) groups is 2. The molecule has 1 N–H and O–H groups in total. The van der Waals surface area contributed by atoms with Gasteiger partial charge in [0.05, 0.1) is 31.8 Å². The topological polar surface area (TPSA) is 83.1 Å². The minimum atomic E-state index is -0.625. The summed E-state index contributed by atoms with van der Waals surface area (Å²) in [5, 5.41) is 5.44. The van der Waals surface area contributed by atoms with Crippen molar-refractivity contribution in [1.29, 1.82) is 0 Å². The van der Waals surface area contributed by atoms with Gasteiger partial charge < -0.3 is 24.3 Å². The first-order valence-electron chi connectivity index (χ1n) is 12.3. The molecule has 0 amide bonds. The van der Waals surface area contributed by atoms with Crippen LogP contribution in [0.3, 0.4) is 0 Å². The highest BCUT2D eigenvalue weighted by Gasteiger charge is 2.43. The molecule has 1 saturated heterocycles. The van der Waals surface area contributed by atoms with E-state index in [0.29, 0.717) is 53.4 Å². The summed E-state index contributed by atoms with van der Waals surface area (Å²) in [6.07, 6.45) is 2.83. The second-order valence-electron chi connectivity index (χ2n) is 9.35. The summed E-state index contributed by atoms with van der Waals surface area (Å²) in [6, 6.07) is 9.64. The summed E-state index contributed by atoms with van der Waals surface area (Å²) in [6.45, 7) is 2.74. The van der Waals surface area contributed by atoms with Gasteiger partial charge >= 0.3 is 5.97 Å². The van der Waals surface area contributed by atoms with Gasteiger partial charge in [0, 0.05) is 46.4 Å². The van der Waals surface area contributed by atoms with Crippen molar-refractivity contribution in [1.82, 2.24) is 5.32 Å². The van der Waals surface area contributed by atoms with Gasteiger partial charge in [0.2, 0.25) is 0 Å². The van der Waals surface area contributed by atoms with Gasteiger partial charge in [-0.2, -0.15) is 0 Å². The van der Waals surface area contributed by atoms with Crippen LogP contribution in [0.2, 0.25) is 0 Å². The minimum Gasteiger partial charge on any atom is -0.493 e. The van der Waals surface area contributed by atoms with Crippen molar-refractivity contribution in [2.45, 2.75) is 50.5 Å². The third kappa shape index (κ3) is 4.55. The zero-order valence-corrected chi connectivity index (χ0v) is 21.6. The van der Waals surface area contributed by atoms with Gasteiger partial charge in [0.25, 0.3) is 0 Å². The quantitative estimate of drug-likeness (QED) is 0.534. The van der Waals surface area contributed by atoms with Crippen LogP contribution in [0.15, 0.2) is 58.3 Å². The van der Waals surface area contributed by atoms with Crippen LogP contribution in [0.1, 0.15) is 54.9 Å². The van der Waals surface area contributed by atoms with Crippen LogP contribution >= 0.6 is 11.3 Å². The van der Waals surface area contributed by atoms with E-state index in [-0.39, 0.29) is 24.4 Å². The van der Waals surface area contributed by atoms with E-state index in [9.17, 15) is 9.59 Å². The second kappa shape index (κ2) is 10.5. The van der Waals surface area contributed by atoms with Crippen molar-refractivity contribution < 1.29 is 28.5 Å². The van der Waals surface area contributed by atoms with Crippen LogP contribution in [0.5, 0.6) is 11.5 Å². The fraction of sp³-hybridized carbons (Fsp3) is 0.429. The maximum Gasteiger partial charge on any atom is 0.336 e. The molecule has 1 fully saturated rings. The number of allylic oxidation sites excluding steroid dienone is 3. The Bertz CT molecular complexity index is 1210. The maximum absolute atomic E-state index is 13.8. The van der Waals surface area contributed by atoms with E-state index in [2.05, 4.69) is 11.4 Å². The molecule has 0 saturated carbocycles. The molecule has 0 bridgehead atoms. The summed E-state index contributed by atoms with van der Waals surface area (Å²) in [4.78, 5) is 28.5. The van der Waals surface area contributed by atoms with E-state index >= 15 is 0 Å². The summed E-state index contributed by atoms with van der Waals surface area (Å²) in [7, 11) is 3.14. The molecule has 190 valence electrons. The second-order valence-corrected chi connectivity index (χ2v) is 10.3. The molecule has 2 aliphatic heterocycles. The molecule has 7 nitrogen and oxygen atoms in total. The Labute approximate surface area is 215 Å². The number of para-hydroxylation sites is 1. The highest BCUT2D eigenvalue weighted by atomic mass is 32.1. The number of benzene rings is 1. The fourth-order valence-corrected chi connectivity index (χ4v) is 6.34. The molecule has 3 aliphatic rings. The van der Waals surface area contributed by atoms with E-state index < -0.39 is 11.9 Å². The molecular weight excluding hydrogens is 478 g/mol. The minimum absolute atomic E-state index is 0.0222.